The molecule has 0 aliphatic carbocycles. The van der Waals surface area contributed by atoms with Gasteiger partial charge in [0, 0.05) is 33.3 Å². The van der Waals surface area contributed by atoms with Gasteiger partial charge in [-0.25, -0.2) is 15.0 Å². The van der Waals surface area contributed by atoms with E-state index in [2.05, 4.69) is 15.0 Å². The number of aryl methyl sites for hydroxylation is 1. The lowest BCUT2D eigenvalue weighted by atomic mass is 10.2. The summed E-state index contributed by atoms with van der Waals surface area (Å²) in [7, 11) is 3.93. The second-order valence-electron chi connectivity index (χ2n) is 6.49. The molecule has 4 aromatic heterocycles. The largest absolute Gasteiger partial charge is 0.441 e. The average molecular weight is 407 g/mol. The van der Waals surface area contributed by atoms with Crippen LogP contribution in [-0.4, -0.2) is 33.6 Å². The molecule has 1 aromatic carbocycles. The fourth-order valence-electron chi connectivity index (χ4n) is 3.27. The third-order valence-electron chi connectivity index (χ3n) is 4.50. The number of nitrogens with zero attached hydrogens (tertiary/aromatic N) is 5. The van der Waals surface area contributed by atoms with Crippen molar-refractivity contribution in [3.05, 3.63) is 53.0 Å². The van der Waals surface area contributed by atoms with E-state index in [4.69, 9.17) is 4.42 Å². The number of oxazole rings is 1. The summed E-state index contributed by atoms with van der Waals surface area (Å²) < 4.78 is 7.71. The van der Waals surface area contributed by atoms with E-state index >= 15 is 0 Å². The van der Waals surface area contributed by atoms with Crippen molar-refractivity contribution in [2.45, 2.75) is 20.8 Å². The lowest BCUT2D eigenvalue weighted by Crippen LogP contribution is -2.17. The molecule has 0 N–H and O–H groups in total. The van der Waals surface area contributed by atoms with Gasteiger partial charge in [0.2, 0.25) is 0 Å². The van der Waals surface area contributed by atoms with Gasteiger partial charge in [0.05, 0.1) is 22.3 Å². The third kappa shape index (κ3) is 3.05. The molecule has 0 atom stereocenters. The minimum atomic E-state index is -0.122. The van der Waals surface area contributed by atoms with Crippen LogP contribution in [0.3, 0.4) is 0 Å². The molecule has 4 heterocycles. The molecule has 0 saturated carbocycles. The minimum Gasteiger partial charge on any atom is -0.441 e. The van der Waals surface area contributed by atoms with Crippen molar-refractivity contribution < 1.29 is 4.42 Å². The number of pyridine rings is 1. The zero-order valence-electron chi connectivity index (χ0n) is 16.9. The molecule has 0 saturated heterocycles. The quantitative estimate of drug-likeness (QED) is 0.428. The lowest BCUT2D eigenvalue weighted by Gasteiger charge is -2.13. The van der Waals surface area contributed by atoms with E-state index in [1.54, 1.807) is 25.5 Å². The predicted octanol–water partition coefficient (Wildman–Crippen LogP) is 4.54. The Hall–Kier alpha value is -3.26. The summed E-state index contributed by atoms with van der Waals surface area (Å²) in [6.07, 6.45) is 3.32. The molecule has 7 nitrogen and oxygen atoms in total. The highest BCUT2D eigenvalue weighted by molar-refractivity contribution is 7.25. The van der Waals surface area contributed by atoms with Crippen LogP contribution in [0.1, 0.15) is 19.7 Å². The Labute approximate surface area is 171 Å². The molecule has 8 heteroatoms. The highest BCUT2D eigenvalue weighted by atomic mass is 32.1. The number of benzene rings is 1. The van der Waals surface area contributed by atoms with E-state index < -0.39 is 0 Å². The van der Waals surface area contributed by atoms with Crippen LogP contribution < -0.4 is 10.5 Å². The summed E-state index contributed by atoms with van der Waals surface area (Å²) in [6, 6.07) is 7.42. The van der Waals surface area contributed by atoms with Gasteiger partial charge in [-0.3, -0.25) is 9.36 Å². The van der Waals surface area contributed by atoms with E-state index in [-0.39, 0.29) is 5.56 Å². The summed E-state index contributed by atoms with van der Waals surface area (Å²) in [5.41, 5.74) is 3.66. The zero-order chi connectivity index (χ0) is 20.7. The second kappa shape index (κ2) is 7.29. The molecule has 0 spiro atoms. The van der Waals surface area contributed by atoms with Gasteiger partial charge in [0.15, 0.2) is 11.5 Å². The number of aromatic nitrogens is 4. The highest BCUT2D eigenvalue weighted by Crippen LogP contribution is 2.35. The maximum Gasteiger partial charge on any atom is 0.275 e. The molecule has 0 radical (unpaired) electrons. The predicted molar refractivity (Wildman–Crippen MR) is 118 cm³/mol. The number of fused-ring (bicyclic) bond motifs is 4. The highest BCUT2D eigenvalue weighted by Gasteiger charge is 2.17. The monoisotopic (exact) mass is 407 g/mol. The molecule has 0 fully saturated rings. The first-order chi connectivity index (χ1) is 14.0. The molecular weight excluding hydrogens is 386 g/mol. The van der Waals surface area contributed by atoms with E-state index in [0.717, 1.165) is 21.4 Å². The summed E-state index contributed by atoms with van der Waals surface area (Å²) in [4.78, 5) is 29.3. The Morgan fingerprint density at radius 3 is 2.69 bits per heavy atom. The van der Waals surface area contributed by atoms with Crippen molar-refractivity contribution in [2.24, 2.45) is 0 Å². The summed E-state index contributed by atoms with van der Waals surface area (Å²) in [5, 5.41) is 0.910. The SMILES string of the molecule is CC.Cc1nc2ccc(-n3cnc4c(sc5nccc(N(C)C)c54)c3=O)cc2o1. The van der Waals surface area contributed by atoms with Gasteiger partial charge in [-0.2, -0.15) is 0 Å². The van der Waals surface area contributed by atoms with Crippen LogP contribution in [0.2, 0.25) is 0 Å². The van der Waals surface area contributed by atoms with Gasteiger partial charge < -0.3 is 9.32 Å². The molecule has 0 unspecified atom stereocenters. The number of anilines is 1. The molecule has 5 aromatic rings. The van der Waals surface area contributed by atoms with Gasteiger partial charge >= 0.3 is 0 Å². The van der Waals surface area contributed by atoms with Crippen LogP contribution in [0.15, 0.2) is 46.0 Å². The van der Waals surface area contributed by atoms with Crippen LogP contribution in [0.25, 0.3) is 37.2 Å². The first kappa shape index (κ1) is 19.1. The van der Waals surface area contributed by atoms with Crippen molar-refractivity contribution in [1.29, 1.82) is 0 Å². The zero-order valence-corrected chi connectivity index (χ0v) is 17.7. The molecular formula is C21H21N5O2S. The van der Waals surface area contributed by atoms with Crippen LogP contribution in [-0.2, 0) is 0 Å². The molecule has 5 rings (SSSR count). The third-order valence-corrected chi connectivity index (χ3v) is 5.57. The summed E-state index contributed by atoms with van der Waals surface area (Å²) >= 11 is 1.37. The molecule has 0 amide bonds. The van der Waals surface area contributed by atoms with Crippen LogP contribution >= 0.6 is 11.3 Å². The summed E-state index contributed by atoms with van der Waals surface area (Å²) in [6.45, 7) is 5.80. The molecule has 148 valence electrons. The van der Waals surface area contributed by atoms with Gasteiger partial charge in [-0.1, -0.05) is 13.8 Å². The summed E-state index contributed by atoms with van der Waals surface area (Å²) in [5.74, 6) is 0.592. The number of rotatable bonds is 2. The Bertz CT molecular complexity index is 1400. The van der Waals surface area contributed by atoms with Crippen molar-refractivity contribution in [3.8, 4) is 5.69 Å². The fourth-order valence-corrected chi connectivity index (χ4v) is 4.32. The topological polar surface area (TPSA) is 77.1 Å². The Morgan fingerprint density at radius 2 is 1.93 bits per heavy atom. The Morgan fingerprint density at radius 1 is 1.14 bits per heavy atom. The van der Waals surface area contributed by atoms with Crippen LogP contribution in [0, 0.1) is 6.92 Å². The second-order valence-corrected chi connectivity index (χ2v) is 7.49. The number of hydrogen-bond donors (Lipinski definition) is 0. The lowest BCUT2D eigenvalue weighted by molar-refractivity contribution is 0.561. The maximum atomic E-state index is 13.2. The van der Waals surface area contributed by atoms with Crippen LogP contribution in [0.4, 0.5) is 5.69 Å². The first-order valence-corrected chi connectivity index (χ1v) is 10.2. The first-order valence-electron chi connectivity index (χ1n) is 9.36. The van der Waals surface area contributed by atoms with Crippen molar-refractivity contribution >= 4 is 48.6 Å². The molecule has 0 aliphatic heterocycles. The van der Waals surface area contributed by atoms with Crippen molar-refractivity contribution in [3.63, 3.8) is 0 Å². The molecule has 0 bridgehead atoms. The Kier molecular flexibility index (Phi) is 4.79. The number of hydrogen-bond acceptors (Lipinski definition) is 7. The van der Waals surface area contributed by atoms with Crippen molar-refractivity contribution in [1.82, 2.24) is 19.5 Å². The Balaban J connectivity index is 0.000000994. The number of thiophene rings is 1. The minimum absolute atomic E-state index is 0.122. The molecule has 0 aliphatic rings. The molecule has 29 heavy (non-hydrogen) atoms. The smallest absolute Gasteiger partial charge is 0.275 e. The van der Waals surface area contributed by atoms with Crippen LogP contribution in [0.5, 0.6) is 0 Å². The standard InChI is InChI=1S/C19H15N5O2S.C2H6/c1-10-22-12-5-4-11(8-14(12)26-10)24-9-21-16-15-13(23(2)3)6-7-20-18(15)27-17(16)19(24)25;1-2/h4-9H,1-3H3;1-2H3. The average Bonchev–Trinajstić information content (AvgIpc) is 3.29. The van der Waals surface area contributed by atoms with E-state index in [1.807, 2.05) is 51.0 Å². The normalized spacial score (nSPS) is 11.1. The van der Waals surface area contributed by atoms with E-state index in [0.29, 0.717) is 27.4 Å². The van der Waals surface area contributed by atoms with Gasteiger partial charge in [0.1, 0.15) is 21.4 Å². The van der Waals surface area contributed by atoms with Gasteiger partial charge in [0.25, 0.3) is 5.56 Å². The maximum absolute atomic E-state index is 13.2. The van der Waals surface area contributed by atoms with Gasteiger partial charge in [-0.15, -0.1) is 11.3 Å². The fraction of sp³-hybridized carbons (Fsp3) is 0.238. The van der Waals surface area contributed by atoms with E-state index in [1.165, 1.54) is 15.9 Å². The van der Waals surface area contributed by atoms with Crippen molar-refractivity contribution in [2.75, 3.05) is 19.0 Å². The van der Waals surface area contributed by atoms with E-state index in [9.17, 15) is 4.79 Å². The van der Waals surface area contributed by atoms with Gasteiger partial charge in [-0.05, 0) is 18.2 Å².